The van der Waals surface area contributed by atoms with Crippen molar-refractivity contribution in [2.75, 3.05) is 36.4 Å². The van der Waals surface area contributed by atoms with E-state index >= 15 is 0 Å². The first kappa shape index (κ1) is 18.5. The number of carbonyl (C=O) groups is 2. The highest BCUT2D eigenvalue weighted by Gasteiger charge is 2.34. The van der Waals surface area contributed by atoms with E-state index in [4.69, 9.17) is 9.26 Å². The zero-order valence-electron chi connectivity index (χ0n) is 15.8. The van der Waals surface area contributed by atoms with E-state index in [1.54, 1.807) is 17.9 Å². The minimum absolute atomic E-state index is 0.0181. The Morgan fingerprint density at radius 2 is 2.00 bits per heavy atom. The van der Waals surface area contributed by atoms with E-state index in [-0.39, 0.29) is 24.0 Å². The molecule has 8 heteroatoms. The van der Waals surface area contributed by atoms with E-state index in [1.807, 2.05) is 30.3 Å². The monoisotopic (exact) mass is 384 g/mol. The molecule has 2 aliphatic rings. The van der Waals surface area contributed by atoms with Gasteiger partial charge in [-0.1, -0.05) is 23.4 Å². The Balaban J connectivity index is 1.24. The minimum atomic E-state index is -0.298. The van der Waals surface area contributed by atoms with Crippen LogP contribution in [-0.2, 0) is 9.53 Å². The third-order valence-electron chi connectivity index (χ3n) is 5.24. The van der Waals surface area contributed by atoms with E-state index in [9.17, 15) is 9.59 Å². The van der Waals surface area contributed by atoms with E-state index in [0.717, 1.165) is 31.6 Å². The van der Waals surface area contributed by atoms with Gasteiger partial charge in [-0.2, -0.15) is 0 Å². The maximum absolute atomic E-state index is 12.4. The van der Waals surface area contributed by atoms with Gasteiger partial charge in [-0.25, -0.2) is 4.79 Å². The van der Waals surface area contributed by atoms with Crippen LogP contribution in [-0.4, -0.2) is 54.3 Å². The highest BCUT2D eigenvalue weighted by molar-refractivity contribution is 5.91. The van der Waals surface area contributed by atoms with Crippen molar-refractivity contribution in [2.45, 2.75) is 25.9 Å². The van der Waals surface area contributed by atoms with Crippen molar-refractivity contribution < 1.29 is 18.8 Å². The number of cyclic esters (lactones) is 1. The predicted octanol–water partition coefficient (Wildman–Crippen LogP) is 2.66. The Morgan fingerprint density at radius 1 is 1.25 bits per heavy atom. The Morgan fingerprint density at radius 3 is 2.68 bits per heavy atom. The molecule has 1 atom stereocenters. The van der Waals surface area contributed by atoms with Crippen LogP contribution in [0.5, 0.6) is 0 Å². The molecule has 2 amide bonds. The van der Waals surface area contributed by atoms with E-state index < -0.39 is 0 Å². The third-order valence-corrected chi connectivity index (χ3v) is 5.24. The molecule has 0 saturated carbocycles. The zero-order valence-corrected chi connectivity index (χ0v) is 15.8. The van der Waals surface area contributed by atoms with Gasteiger partial charge in [0.15, 0.2) is 5.82 Å². The standard InChI is InChI=1S/C20H24N4O4/c1-14-11-18(22-28-14)21-19(25)15-7-9-23(10-8-15)12-17-13-24(20(26)27-17)16-5-3-2-4-6-16/h2-6,11,15,17H,7-10,12-13H2,1H3,(H,21,22,25). The Labute approximate surface area is 163 Å². The van der Waals surface area contributed by atoms with Gasteiger partial charge >= 0.3 is 6.09 Å². The van der Waals surface area contributed by atoms with Gasteiger partial charge in [-0.05, 0) is 45.0 Å². The molecule has 1 N–H and O–H groups in total. The molecule has 28 heavy (non-hydrogen) atoms. The van der Waals surface area contributed by atoms with Gasteiger partial charge in [-0.15, -0.1) is 0 Å². The molecule has 1 aromatic heterocycles. The fourth-order valence-electron chi connectivity index (χ4n) is 3.75. The molecule has 2 aliphatic heterocycles. The van der Waals surface area contributed by atoms with Crippen molar-refractivity contribution in [3.05, 3.63) is 42.2 Å². The van der Waals surface area contributed by atoms with Crippen LogP contribution in [0.4, 0.5) is 16.3 Å². The fourth-order valence-corrected chi connectivity index (χ4v) is 3.75. The van der Waals surface area contributed by atoms with Crippen LogP contribution in [0.2, 0.25) is 0 Å². The average molecular weight is 384 g/mol. The van der Waals surface area contributed by atoms with Crippen molar-refractivity contribution in [1.82, 2.24) is 10.1 Å². The largest absolute Gasteiger partial charge is 0.443 e. The summed E-state index contributed by atoms with van der Waals surface area (Å²) in [5, 5.41) is 6.61. The van der Waals surface area contributed by atoms with E-state index in [2.05, 4.69) is 15.4 Å². The molecule has 1 aromatic carbocycles. The summed E-state index contributed by atoms with van der Waals surface area (Å²) in [5.74, 6) is 1.07. The number of nitrogens with zero attached hydrogens (tertiary/aromatic N) is 3. The summed E-state index contributed by atoms with van der Waals surface area (Å²) >= 11 is 0. The van der Waals surface area contributed by atoms with Crippen LogP contribution in [0.1, 0.15) is 18.6 Å². The van der Waals surface area contributed by atoms with Crippen molar-refractivity contribution in [3.8, 4) is 0 Å². The molecule has 148 valence electrons. The number of anilines is 2. The molecule has 2 fully saturated rings. The summed E-state index contributed by atoms with van der Waals surface area (Å²) in [7, 11) is 0. The molecule has 4 rings (SSSR count). The van der Waals surface area contributed by atoms with Gasteiger partial charge in [0, 0.05) is 24.2 Å². The first-order valence-corrected chi connectivity index (χ1v) is 9.58. The van der Waals surface area contributed by atoms with Crippen LogP contribution >= 0.6 is 0 Å². The molecule has 3 heterocycles. The fraction of sp³-hybridized carbons (Fsp3) is 0.450. The van der Waals surface area contributed by atoms with Gasteiger partial charge in [0.2, 0.25) is 5.91 Å². The highest BCUT2D eigenvalue weighted by Crippen LogP contribution is 2.24. The van der Waals surface area contributed by atoms with Crippen LogP contribution in [0.3, 0.4) is 0 Å². The van der Waals surface area contributed by atoms with Gasteiger partial charge in [0.25, 0.3) is 0 Å². The molecule has 2 aromatic rings. The van der Waals surface area contributed by atoms with Crippen molar-refractivity contribution in [3.63, 3.8) is 0 Å². The molecule has 0 radical (unpaired) electrons. The first-order chi connectivity index (χ1) is 13.6. The van der Waals surface area contributed by atoms with Crippen molar-refractivity contribution in [1.29, 1.82) is 0 Å². The minimum Gasteiger partial charge on any atom is -0.443 e. The molecule has 8 nitrogen and oxygen atoms in total. The Hall–Kier alpha value is -2.87. The zero-order chi connectivity index (χ0) is 19.5. The summed E-state index contributed by atoms with van der Waals surface area (Å²) < 4.78 is 10.5. The van der Waals surface area contributed by atoms with Gasteiger partial charge in [0.1, 0.15) is 11.9 Å². The predicted molar refractivity (Wildman–Crippen MR) is 103 cm³/mol. The number of amides is 2. The summed E-state index contributed by atoms with van der Waals surface area (Å²) in [6.07, 6.45) is 1.09. The summed E-state index contributed by atoms with van der Waals surface area (Å²) in [5.41, 5.74) is 0.855. The maximum atomic E-state index is 12.4. The van der Waals surface area contributed by atoms with Gasteiger partial charge in [0.05, 0.1) is 6.54 Å². The molecule has 1 unspecified atom stereocenters. The average Bonchev–Trinajstić information content (AvgIpc) is 3.28. The molecular formula is C20H24N4O4. The number of para-hydroxylation sites is 1. The third kappa shape index (κ3) is 4.17. The number of aryl methyl sites for hydroxylation is 1. The van der Waals surface area contributed by atoms with E-state index in [1.165, 1.54) is 0 Å². The Kier molecular flexibility index (Phi) is 5.29. The van der Waals surface area contributed by atoms with Crippen LogP contribution in [0.15, 0.2) is 40.9 Å². The summed E-state index contributed by atoms with van der Waals surface area (Å²) in [6.45, 7) is 4.63. The molecule has 0 bridgehead atoms. The van der Waals surface area contributed by atoms with Crippen molar-refractivity contribution >= 4 is 23.5 Å². The number of hydrogen-bond acceptors (Lipinski definition) is 6. The van der Waals surface area contributed by atoms with E-state index in [0.29, 0.717) is 24.7 Å². The quantitative estimate of drug-likeness (QED) is 0.853. The lowest BCUT2D eigenvalue weighted by atomic mass is 9.95. The molecular weight excluding hydrogens is 360 g/mol. The summed E-state index contributed by atoms with van der Waals surface area (Å²) in [4.78, 5) is 28.5. The van der Waals surface area contributed by atoms with Crippen LogP contribution < -0.4 is 10.2 Å². The number of aromatic nitrogens is 1. The van der Waals surface area contributed by atoms with Gasteiger partial charge < -0.3 is 14.6 Å². The topological polar surface area (TPSA) is 87.9 Å². The first-order valence-electron chi connectivity index (χ1n) is 9.58. The lowest BCUT2D eigenvalue weighted by Crippen LogP contribution is -2.42. The number of hydrogen-bond donors (Lipinski definition) is 1. The Bertz CT molecular complexity index is 830. The van der Waals surface area contributed by atoms with Crippen LogP contribution in [0, 0.1) is 12.8 Å². The normalized spacial score (nSPS) is 21.0. The van der Waals surface area contributed by atoms with Crippen LogP contribution in [0.25, 0.3) is 0 Å². The molecule has 0 spiro atoms. The highest BCUT2D eigenvalue weighted by atomic mass is 16.6. The number of rotatable bonds is 5. The molecule has 2 saturated heterocycles. The smallest absolute Gasteiger partial charge is 0.414 e. The number of piperidine rings is 1. The lowest BCUT2D eigenvalue weighted by Gasteiger charge is -2.32. The number of nitrogens with one attached hydrogen (secondary N) is 1. The maximum Gasteiger partial charge on any atom is 0.414 e. The number of likely N-dealkylation sites (tertiary alicyclic amines) is 1. The molecule has 0 aliphatic carbocycles. The second-order valence-corrected chi connectivity index (χ2v) is 7.34. The second-order valence-electron chi connectivity index (χ2n) is 7.34. The second kappa shape index (κ2) is 8.02. The van der Waals surface area contributed by atoms with Crippen molar-refractivity contribution in [2.24, 2.45) is 5.92 Å². The SMILES string of the molecule is Cc1cc(NC(=O)C2CCN(CC3CN(c4ccccc4)C(=O)O3)CC2)no1. The number of carbonyl (C=O) groups excluding carboxylic acids is 2. The summed E-state index contributed by atoms with van der Waals surface area (Å²) in [6, 6.07) is 11.3. The lowest BCUT2D eigenvalue weighted by molar-refractivity contribution is -0.121. The van der Waals surface area contributed by atoms with Gasteiger partial charge in [-0.3, -0.25) is 14.6 Å². The number of benzene rings is 1. The number of ether oxygens (including phenoxy) is 1.